The zero-order valence-electron chi connectivity index (χ0n) is 19.3. The molecule has 6 heteroatoms. The van der Waals surface area contributed by atoms with Crippen LogP contribution in [0, 0.1) is 11.8 Å². The number of nitrogens with zero attached hydrogens (tertiary/aromatic N) is 3. The minimum Gasteiger partial charge on any atom is -0.382 e. The summed E-state index contributed by atoms with van der Waals surface area (Å²) in [6.07, 6.45) is 7.52. The lowest BCUT2D eigenvalue weighted by molar-refractivity contribution is 0.0687. The van der Waals surface area contributed by atoms with Crippen LogP contribution < -0.4 is 5.32 Å². The number of aliphatic hydroxyl groups is 1. The van der Waals surface area contributed by atoms with Crippen LogP contribution in [0.15, 0.2) is 36.8 Å². The number of halogens is 1. The number of hydrogen-bond acceptors (Lipinski definition) is 5. The fraction of sp³-hybridized carbons (Fsp3) is 0.480. The minimum atomic E-state index is -1.07. The van der Waals surface area contributed by atoms with Gasteiger partial charge in [0.1, 0.15) is 5.60 Å². The lowest BCUT2D eigenvalue weighted by atomic mass is 9.88. The van der Waals surface area contributed by atoms with Crippen molar-refractivity contribution in [3.05, 3.63) is 47.6 Å². The van der Waals surface area contributed by atoms with Gasteiger partial charge < -0.3 is 10.4 Å². The molecule has 0 amide bonds. The molecule has 5 nitrogen and oxygen atoms in total. The lowest BCUT2D eigenvalue weighted by Gasteiger charge is -2.30. The highest BCUT2D eigenvalue weighted by molar-refractivity contribution is 6.34. The minimum absolute atomic E-state index is 0.307. The maximum absolute atomic E-state index is 10.1. The molecule has 166 valence electrons. The van der Waals surface area contributed by atoms with Crippen LogP contribution in [-0.4, -0.2) is 26.1 Å². The van der Waals surface area contributed by atoms with Gasteiger partial charge in [0.15, 0.2) is 5.82 Å². The van der Waals surface area contributed by atoms with E-state index in [1.54, 1.807) is 32.4 Å². The summed E-state index contributed by atoms with van der Waals surface area (Å²) in [4.78, 5) is 13.2. The summed E-state index contributed by atoms with van der Waals surface area (Å²) in [6, 6.07) is 6.40. The number of hydrogen-bond donors (Lipinski definition) is 2. The molecule has 2 unspecified atom stereocenters. The molecule has 1 aromatic carbocycles. The van der Waals surface area contributed by atoms with Crippen LogP contribution in [-0.2, 0) is 5.60 Å². The number of rotatable bonds is 8. The SMILES string of the molecule is CCCC(C)C(Nc1c(Cl)cnc2ccc(-c3cnc(C(C)(C)O)nc3)cc12)C(C)C. The second-order valence-electron chi connectivity index (χ2n) is 9.25. The van der Waals surface area contributed by atoms with Crippen molar-refractivity contribution in [3.63, 3.8) is 0 Å². The molecular formula is C25H33ClN4O. The Kier molecular flexibility index (Phi) is 7.17. The van der Waals surface area contributed by atoms with Crippen LogP contribution in [0.5, 0.6) is 0 Å². The lowest BCUT2D eigenvalue weighted by Crippen LogP contribution is -2.32. The number of aromatic nitrogens is 3. The quantitative estimate of drug-likeness (QED) is 0.421. The van der Waals surface area contributed by atoms with Gasteiger partial charge in [0.25, 0.3) is 0 Å². The van der Waals surface area contributed by atoms with Gasteiger partial charge in [-0.25, -0.2) is 9.97 Å². The Bertz CT molecular complexity index is 1030. The third kappa shape index (κ3) is 5.34. The Morgan fingerprint density at radius 2 is 1.71 bits per heavy atom. The normalized spacial score (nSPS) is 14.1. The molecule has 0 bridgehead atoms. The molecular weight excluding hydrogens is 408 g/mol. The predicted molar refractivity (Wildman–Crippen MR) is 129 cm³/mol. The van der Waals surface area contributed by atoms with Crippen molar-refractivity contribution in [2.24, 2.45) is 11.8 Å². The molecule has 0 aliphatic carbocycles. The van der Waals surface area contributed by atoms with E-state index in [2.05, 4.69) is 54.0 Å². The maximum atomic E-state index is 10.1. The van der Waals surface area contributed by atoms with Gasteiger partial charge in [-0.15, -0.1) is 0 Å². The third-order valence-electron chi connectivity index (χ3n) is 5.74. The van der Waals surface area contributed by atoms with E-state index in [0.29, 0.717) is 28.7 Å². The van der Waals surface area contributed by atoms with E-state index in [1.807, 2.05) is 12.1 Å². The Labute approximate surface area is 190 Å². The fourth-order valence-corrected chi connectivity index (χ4v) is 4.26. The number of benzene rings is 1. The van der Waals surface area contributed by atoms with Gasteiger partial charge in [-0.2, -0.15) is 0 Å². The molecule has 2 heterocycles. The van der Waals surface area contributed by atoms with Crippen molar-refractivity contribution in [3.8, 4) is 11.1 Å². The van der Waals surface area contributed by atoms with Gasteiger partial charge in [0, 0.05) is 35.6 Å². The van der Waals surface area contributed by atoms with Crippen LogP contribution in [0.1, 0.15) is 60.2 Å². The van der Waals surface area contributed by atoms with E-state index in [-0.39, 0.29) is 0 Å². The standard InChI is InChI=1S/C25H33ClN4O/c1-7-8-16(4)22(15(2)3)30-23-19-11-17(9-10-21(19)27-14-20(23)26)18-12-28-24(29-13-18)25(5,6)31/h9-16,22,31H,7-8H2,1-6H3,(H,27,30). The summed E-state index contributed by atoms with van der Waals surface area (Å²) in [7, 11) is 0. The summed E-state index contributed by atoms with van der Waals surface area (Å²) < 4.78 is 0. The van der Waals surface area contributed by atoms with Crippen LogP contribution in [0.2, 0.25) is 5.02 Å². The number of fused-ring (bicyclic) bond motifs is 1. The average molecular weight is 441 g/mol. The smallest absolute Gasteiger partial charge is 0.159 e. The van der Waals surface area contributed by atoms with Crippen molar-refractivity contribution in [1.29, 1.82) is 0 Å². The Balaban J connectivity index is 2.04. The highest BCUT2D eigenvalue weighted by Gasteiger charge is 2.23. The molecule has 0 saturated heterocycles. The molecule has 3 rings (SSSR count). The van der Waals surface area contributed by atoms with Crippen molar-refractivity contribution in [1.82, 2.24) is 15.0 Å². The zero-order chi connectivity index (χ0) is 22.8. The Hall–Kier alpha value is -2.24. The fourth-order valence-electron chi connectivity index (χ4n) is 4.06. The molecule has 31 heavy (non-hydrogen) atoms. The van der Waals surface area contributed by atoms with Crippen molar-refractivity contribution in [2.45, 2.75) is 66.0 Å². The average Bonchev–Trinajstić information content (AvgIpc) is 2.72. The van der Waals surface area contributed by atoms with Crippen LogP contribution in [0.25, 0.3) is 22.0 Å². The highest BCUT2D eigenvalue weighted by Crippen LogP contribution is 2.35. The van der Waals surface area contributed by atoms with E-state index in [9.17, 15) is 5.11 Å². The van der Waals surface area contributed by atoms with E-state index in [0.717, 1.165) is 40.6 Å². The van der Waals surface area contributed by atoms with E-state index < -0.39 is 5.60 Å². The first-order chi connectivity index (χ1) is 14.6. The van der Waals surface area contributed by atoms with Gasteiger partial charge >= 0.3 is 0 Å². The zero-order valence-corrected chi connectivity index (χ0v) is 20.0. The van der Waals surface area contributed by atoms with Crippen molar-refractivity contribution >= 4 is 28.2 Å². The summed E-state index contributed by atoms with van der Waals surface area (Å²) in [5.41, 5.74) is 2.59. The number of nitrogens with one attached hydrogen (secondary N) is 1. The third-order valence-corrected chi connectivity index (χ3v) is 6.03. The second kappa shape index (κ2) is 9.49. The predicted octanol–water partition coefficient (Wildman–Crippen LogP) is 6.45. The summed E-state index contributed by atoms with van der Waals surface area (Å²) in [5, 5.41) is 15.5. The number of anilines is 1. The van der Waals surface area contributed by atoms with Gasteiger partial charge in [-0.05, 0) is 49.8 Å². The Morgan fingerprint density at radius 1 is 1.03 bits per heavy atom. The van der Waals surface area contributed by atoms with Crippen molar-refractivity contribution in [2.75, 3.05) is 5.32 Å². The van der Waals surface area contributed by atoms with E-state index in [1.165, 1.54) is 0 Å². The van der Waals surface area contributed by atoms with Gasteiger partial charge in [0.2, 0.25) is 0 Å². The monoisotopic (exact) mass is 440 g/mol. The van der Waals surface area contributed by atoms with Crippen molar-refractivity contribution < 1.29 is 5.11 Å². The first kappa shape index (κ1) is 23.4. The van der Waals surface area contributed by atoms with Crippen LogP contribution in [0.3, 0.4) is 0 Å². The molecule has 0 aliphatic rings. The molecule has 0 radical (unpaired) electrons. The summed E-state index contributed by atoms with van der Waals surface area (Å²) in [6.45, 7) is 12.4. The van der Waals surface area contributed by atoms with Crippen LogP contribution >= 0.6 is 11.6 Å². The first-order valence-corrected chi connectivity index (χ1v) is 11.4. The van der Waals surface area contributed by atoms with Gasteiger partial charge in [-0.1, -0.05) is 51.8 Å². The second-order valence-corrected chi connectivity index (χ2v) is 9.65. The Morgan fingerprint density at radius 3 is 2.29 bits per heavy atom. The molecule has 3 aromatic rings. The van der Waals surface area contributed by atoms with Gasteiger partial charge in [0.05, 0.1) is 16.2 Å². The molecule has 0 spiro atoms. The first-order valence-electron chi connectivity index (χ1n) is 11.0. The van der Waals surface area contributed by atoms with E-state index >= 15 is 0 Å². The summed E-state index contributed by atoms with van der Waals surface area (Å²) >= 11 is 6.63. The molecule has 2 aromatic heterocycles. The molecule has 2 N–H and O–H groups in total. The topological polar surface area (TPSA) is 70.9 Å². The molecule has 2 atom stereocenters. The van der Waals surface area contributed by atoms with E-state index in [4.69, 9.17) is 11.6 Å². The molecule has 0 aliphatic heterocycles. The molecule has 0 fully saturated rings. The molecule has 0 saturated carbocycles. The number of pyridine rings is 1. The largest absolute Gasteiger partial charge is 0.382 e. The van der Waals surface area contributed by atoms with Gasteiger partial charge in [-0.3, -0.25) is 4.98 Å². The maximum Gasteiger partial charge on any atom is 0.159 e. The summed E-state index contributed by atoms with van der Waals surface area (Å²) in [5.74, 6) is 1.39. The van der Waals surface area contributed by atoms with Crippen LogP contribution in [0.4, 0.5) is 5.69 Å². The highest BCUT2D eigenvalue weighted by atomic mass is 35.5.